The lowest BCUT2D eigenvalue weighted by atomic mass is 9.83. The van der Waals surface area contributed by atoms with Gasteiger partial charge in [0.1, 0.15) is 0 Å². The fourth-order valence-corrected chi connectivity index (χ4v) is 4.40. The predicted octanol–water partition coefficient (Wildman–Crippen LogP) is 3.30. The van der Waals surface area contributed by atoms with Crippen LogP contribution in [-0.2, 0) is 19.1 Å². The number of rotatable bonds is 5. The molecule has 1 aliphatic heterocycles. The number of imide groups is 1. The number of hydrogen-bond acceptors (Lipinski definition) is 7. The van der Waals surface area contributed by atoms with Crippen LogP contribution in [0.2, 0.25) is 0 Å². The highest BCUT2D eigenvalue weighted by Gasteiger charge is 2.33. The van der Waals surface area contributed by atoms with Gasteiger partial charge in [-0.2, -0.15) is 0 Å². The number of nitrogens with one attached hydrogen (secondary N) is 1. The Balaban J connectivity index is 1.33. The molecule has 3 aromatic rings. The zero-order chi connectivity index (χ0) is 26.3. The molecule has 3 aromatic carbocycles. The summed E-state index contributed by atoms with van der Waals surface area (Å²) in [5, 5.41) is 2.59. The molecule has 1 unspecified atom stereocenters. The van der Waals surface area contributed by atoms with E-state index >= 15 is 0 Å². The molecule has 0 radical (unpaired) electrons. The Morgan fingerprint density at radius 3 is 2.14 bits per heavy atom. The molecule has 1 saturated heterocycles. The number of amides is 3. The molecule has 184 valence electrons. The standard InChI is InChI=1S/C28H20N2O7/c1-15(37-28(36)16-6-4-7-17(14-16)30-22(31)12-13-23(30)32)27(35)29-21-11-5-10-20-24(21)26(34)19-9-3-2-8-18(19)25(20)33/h2-11,14-15H,12-13H2,1H3,(H,29,35). The largest absolute Gasteiger partial charge is 0.449 e. The maximum Gasteiger partial charge on any atom is 0.338 e. The van der Waals surface area contributed by atoms with Gasteiger partial charge in [0.05, 0.1) is 22.5 Å². The van der Waals surface area contributed by atoms with Crippen molar-refractivity contribution in [3.05, 3.63) is 94.5 Å². The van der Waals surface area contributed by atoms with Crippen molar-refractivity contribution in [1.82, 2.24) is 0 Å². The highest BCUT2D eigenvalue weighted by Crippen LogP contribution is 2.32. The monoisotopic (exact) mass is 496 g/mol. The van der Waals surface area contributed by atoms with Crippen molar-refractivity contribution in [1.29, 1.82) is 0 Å². The number of nitrogens with zero attached hydrogens (tertiary/aromatic N) is 1. The maximum atomic E-state index is 13.1. The molecule has 37 heavy (non-hydrogen) atoms. The molecular weight excluding hydrogens is 476 g/mol. The number of ketones is 2. The van der Waals surface area contributed by atoms with E-state index in [9.17, 15) is 28.8 Å². The van der Waals surface area contributed by atoms with Crippen molar-refractivity contribution < 1.29 is 33.5 Å². The molecule has 0 bridgehead atoms. The van der Waals surface area contributed by atoms with Gasteiger partial charge in [-0.25, -0.2) is 4.79 Å². The van der Waals surface area contributed by atoms with Gasteiger partial charge in [-0.05, 0) is 31.2 Å². The van der Waals surface area contributed by atoms with E-state index in [1.807, 2.05) is 0 Å². The summed E-state index contributed by atoms with van der Waals surface area (Å²) < 4.78 is 5.30. The first kappa shape index (κ1) is 23.8. The summed E-state index contributed by atoms with van der Waals surface area (Å²) in [7, 11) is 0. The van der Waals surface area contributed by atoms with Crippen molar-refractivity contribution in [2.24, 2.45) is 0 Å². The number of carbonyl (C=O) groups is 6. The summed E-state index contributed by atoms with van der Waals surface area (Å²) in [6.07, 6.45) is -1.05. The molecular formula is C28H20N2O7. The van der Waals surface area contributed by atoms with Crippen molar-refractivity contribution in [2.45, 2.75) is 25.9 Å². The van der Waals surface area contributed by atoms with Gasteiger partial charge in [-0.15, -0.1) is 0 Å². The third-order valence-corrected chi connectivity index (χ3v) is 6.25. The minimum absolute atomic E-state index is 0.0547. The van der Waals surface area contributed by atoms with Gasteiger partial charge < -0.3 is 10.1 Å². The second-order valence-corrected chi connectivity index (χ2v) is 8.64. The minimum atomic E-state index is -1.26. The molecule has 1 fully saturated rings. The first-order valence-corrected chi connectivity index (χ1v) is 11.6. The van der Waals surface area contributed by atoms with Crippen LogP contribution < -0.4 is 10.2 Å². The lowest BCUT2D eigenvalue weighted by Gasteiger charge is -2.21. The van der Waals surface area contributed by atoms with E-state index < -0.39 is 23.8 Å². The average Bonchev–Trinajstić information content (AvgIpc) is 3.24. The van der Waals surface area contributed by atoms with Crippen LogP contribution in [0, 0.1) is 0 Å². The fraction of sp³-hybridized carbons (Fsp3) is 0.143. The first-order chi connectivity index (χ1) is 17.8. The van der Waals surface area contributed by atoms with Crippen molar-refractivity contribution in [3.8, 4) is 0 Å². The van der Waals surface area contributed by atoms with Crippen molar-refractivity contribution >= 4 is 46.6 Å². The van der Waals surface area contributed by atoms with Crippen LogP contribution in [0.3, 0.4) is 0 Å². The van der Waals surface area contributed by atoms with E-state index in [1.165, 1.54) is 43.3 Å². The van der Waals surface area contributed by atoms with Gasteiger partial charge in [0, 0.05) is 29.5 Å². The molecule has 1 atom stereocenters. The molecule has 1 aliphatic carbocycles. The quantitative estimate of drug-likeness (QED) is 0.332. The average molecular weight is 496 g/mol. The van der Waals surface area contributed by atoms with Crippen LogP contribution in [-0.4, -0.2) is 41.4 Å². The number of anilines is 2. The van der Waals surface area contributed by atoms with Gasteiger partial charge in [0.15, 0.2) is 17.7 Å². The number of fused-ring (bicyclic) bond motifs is 2. The SMILES string of the molecule is CC(OC(=O)c1cccc(N2C(=O)CCC2=O)c1)C(=O)Nc1cccc2c1C(=O)c1ccccc1C2=O. The Kier molecular flexibility index (Phi) is 5.96. The Morgan fingerprint density at radius 1 is 0.811 bits per heavy atom. The summed E-state index contributed by atoms with van der Waals surface area (Å²) in [6.45, 7) is 1.36. The van der Waals surface area contributed by atoms with Gasteiger partial charge in [-0.3, -0.25) is 28.9 Å². The zero-order valence-corrected chi connectivity index (χ0v) is 19.6. The van der Waals surface area contributed by atoms with Gasteiger partial charge >= 0.3 is 5.97 Å². The summed E-state index contributed by atoms with van der Waals surface area (Å²) in [5.41, 5.74) is 1.23. The Bertz CT molecular complexity index is 1510. The first-order valence-electron chi connectivity index (χ1n) is 11.6. The summed E-state index contributed by atoms with van der Waals surface area (Å²) in [5.74, 6) is -2.97. The molecule has 0 spiro atoms. The Labute approximate surface area is 211 Å². The number of esters is 1. The summed E-state index contributed by atoms with van der Waals surface area (Å²) >= 11 is 0. The van der Waals surface area contributed by atoms with E-state index in [-0.39, 0.29) is 64.1 Å². The Hall–Kier alpha value is -4.92. The highest BCUT2D eigenvalue weighted by atomic mass is 16.5. The number of hydrogen-bond donors (Lipinski definition) is 1. The van der Waals surface area contributed by atoms with Crippen LogP contribution in [0.25, 0.3) is 0 Å². The van der Waals surface area contributed by atoms with E-state index in [1.54, 1.807) is 30.3 Å². The second-order valence-electron chi connectivity index (χ2n) is 8.64. The number of carbonyl (C=O) groups excluding carboxylic acids is 6. The van der Waals surface area contributed by atoms with Gasteiger partial charge in [0.2, 0.25) is 11.8 Å². The van der Waals surface area contributed by atoms with Gasteiger partial charge in [0.25, 0.3) is 5.91 Å². The number of ether oxygens (including phenoxy) is 1. The van der Waals surface area contributed by atoms with Crippen molar-refractivity contribution in [3.63, 3.8) is 0 Å². The number of benzene rings is 3. The molecule has 9 nitrogen and oxygen atoms in total. The van der Waals surface area contributed by atoms with E-state index in [0.29, 0.717) is 5.56 Å². The topological polar surface area (TPSA) is 127 Å². The predicted molar refractivity (Wildman–Crippen MR) is 131 cm³/mol. The molecule has 1 heterocycles. The molecule has 2 aliphatic rings. The van der Waals surface area contributed by atoms with E-state index in [0.717, 1.165) is 4.90 Å². The summed E-state index contributed by atoms with van der Waals surface area (Å²) in [4.78, 5) is 76.7. The zero-order valence-electron chi connectivity index (χ0n) is 19.6. The van der Waals surface area contributed by atoms with Gasteiger partial charge in [-0.1, -0.05) is 42.5 Å². The molecule has 0 aromatic heterocycles. The third kappa shape index (κ3) is 4.20. The fourth-order valence-electron chi connectivity index (χ4n) is 4.40. The molecule has 0 saturated carbocycles. The lowest BCUT2D eigenvalue weighted by Crippen LogP contribution is -2.32. The molecule has 3 amide bonds. The molecule has 1 N–H and O–H groups in total. The summed E-state index contributed by atoms with van der Waals surface area (Å²) in [6, 6.07) is 16.9. The van der Waals surface area contributed by atoms with Crippen LogP contribution in [0.5, 0.6) is 0 Å². The lowest BCUT2D eigenvalue weighted by molar-refractivity contribution is -0.124. The normalized spacial score (nSPS) is 15.2. The van der Waals surface area contributed by atoms with Crippen LogP contribution in [0.4, 0.5) is 11.4 Å². The molecule has 9 heteroatoms. The maximum absolute atomic E-state index is 13.1. The third-order valence-electron chi connectivity index (χ3n) is 6.25. The van der Waals surface area contributed by atoms with Crippen molar-refractivity contribution in [2.75, 3.05) is 10.2 Å². The van der Waals surface area contributed by atoms with Crippen LogP contribution >= 0.6 is 0 Å². The highest BCUT2D eigenvalue weighted by molar-refractivity contribution is 6.30. The Morgan fingerprint density at radius 2 is 1.43 bits per heavy atom. The van der Waals surface area contributed by atoms with Crippen LogP contribution in [0.15, 0.2) is 66.7 Å². The second kappa shape index (κ2) is 9.27. The van der Waals surface area contributed by atoms with E-state index in [2.05, 4.69) is 5.32 Å². The molecule has 5 rings (SSSR count). The van der Waals surface area contributed by atoms with Crippen LogP contribution in [0.1, 0.15) is 62.0 Å². The van der Waals surface area contributed by atoms with E-state index in [4.69, 9.17) is 4.74 Å². The minimum Gasteiger partial charge on any atom is -0.449 e. The smallest absolute Gasteiger partial charge is 0.338 e.